The Morgan fingerprint density at radius 2 is 1.74 bits per heavy atom. The number of rotatable bonds is 2. The largest absolute Gasteiger partial charge is 0.476 e. The number of aromatic carboxylic acids is 1. The van der Waals surface area contributed by atoms with Crippen LogP contribution in [0.3, 0.4) is 0 Å². The standard InChI is InChI=1S/C15H19NO2S/c1-8-12(13(17)18)16-14(19-8)15-5-9-2-10(6-15)4-11(3-9)7-15/h9-11H,2-7H2,1H3,(H,17,18). The van der Waals surface area contributed by atoms with Crippen molar-refractivity contribution in [1.29, 1.82) is 0 Å². The van der Waals surface area contributed by atoms with E-state index >= 15 is 0 Å². The molecule has 1 heterocycles. The van der Waals surface area contributed by atoms with Crippen LogP contribution in [0.15, 0.2) is 0 Å². The summed E-state index contributed by atoms with van der Waals surface area (Å²) in [5.41, 5.74) is 0.522. The molecule has 19 heavy (non-hydrogen) atoms. The maximum atomic E-state index is 11.2. The molecule has 0 amide bonds. The van der Waals surface area contributed by atoms with E-state index in [1.165, 1.54) is 38.5 Å². The summed E-state index contributed by atoms with van der Waals surface area (Å²) in [4.78, 5) is 16.6. The first-order valence-electron chi connectivity index (χ1n) is 7.27. The lowest BCUT2D eigenvalue weighted by atomic mass is 9.50. The first kappa shape index (κ1) is 11.9. The molecule has 0 aliphatic heterocycles. The van der Waals surface area contributed by atoms with Crippen molar-refractivity contribution in [2.75, 3.05) is 0 Å². The third-order valence-corrected chi connectivity index (χ3v) is 6.71. The van der Waals surface area contributed by atoms with Gasteiger partial charge in [-0.15, -0.1) is 11.3 Å². The molecule has 3 nitrogen and oxygen atoms in total. The van der Waals surface area contributed by atoms with Gasteiger partial charge in [0.2, 0.25) is 0 Å². The zero-order valence-corrected chi connectivity index (χ0v) is 12.0. The average molecular weight is 277 g/mol. The van der Waals surface area contributed by atoms with E-state index in [9.17, 15) is 9.90 Å². The van der Waals surface area contributed by atoms with Crippen molar-refractivity contribution < 1.29 is 9.90 Å². The van der Waals surface area contributed by atoms with Crippen LogP contribution < -0.4 is 0 Å². The lowest BCUT2D eigenvalue weighted by Crippen LogP contribution is -2.48. The molecule has 5 rings (SSSR count). The van der Waals surface area contributed by atoms with Crippen LogP contribution in [0.1, 0.15) is 58.9 Å². The van der Waals surface area contributed by atoms with E-state index in [0.29, 0.717) is 0 Å². The second-order valence-electron chi connectivity index (χ2n) is 6.93. The highest BCUT2D eigenvalue weighted by molar-refractivity contribution is 7.12. The zero-order chi connectivity index (χ0) is 13.2. The quantitative estimate of drug-likeness (QED) is 0.898. The van der Waals surface area contributed by atoms with Crippen molar-refractivity contribution in [2.24, 2.45) is 17.8 Å². The van der Waals surface area contributed by atoms with Crippen molar-refractivity contribution in [3.8, 4) is 0 Å². The fourth-order valence-electron chi connectivity index (χ4n) is 5.19. The van der Waals surface area contributed by atoms with E-state index in [0.717, 1.165) is 27.6 Å². The SMILES string of the molecule is Cc1sc(C23CC4CC(CC(C4)C2)C3)nc1C(=O)O. The van der Waals surface area contributed by atoms with E-state index < -0.39 is 5.97 Å². The average Bonchev–Trinajstić information content (AvgIpc) is 2.70. The Morgan fingerprint density at radius 3 is 2.16 bits per heavy atom. The molecule has 4 aliphatic carbocycles. The van der Waals surface area contributed by atoms with Crippen molar-refractivity contribution in [2.45, 2.75) is 50.9 Å². The number of carboxylic acids is 1. The number of carbonyl (C=O) groups is 1. The number of aromatic nitrogens is 1. The molecular formula is C15H19NO2S. The number of thiazole rings is 1. The summed E-state index contributed by atoms with van der Waals surface area (Å²) in [6, 6.07) is 0. The van der Waals surface area contributed by atoms with Crippen molar-refractivity contribution in [3.05, 3.63) is 15.6 Å². The molecule has 4 heteroatoms. The highest BCUT2D eigenvalue weighted by Gasteiger charge is 2.53. The minimum Gasteiger partial charge on any atom is -0.476 e. The Kier molecular flexibility index (Phi) is 2.39. The van der Waals surface area contributed by atoms with Crippen molar-refractivity contribution in [1.82, 2.24) is 4.98 Å². The zero-order valence-electron chi connectivity index (χ0n) is 11.2. The molecule has 0 aromatic carbocycles. The molecule has 4 fully saturated rings. The van der Waals surface area contributed by atoms with Crippen LogP contribution in [-0.4, -0.2) is 16.1 Å². The van der Waals surface area contributed by atoms with Gasteiger partial charge < -0.3 is 5.11 Å². The van der Waals surface area contributed by atoms with E-state index in [-0.39, 0.29) is 11.1 Å². The monoisotopic (exact) mass is 277 g/mol. The molecule has 0 saturated heterocycles. The fraction of sp³-hybridized carbons (Fsp3) is 0.733. The molecule has 0 atom stereocenters. The number of hydrogen-bond acceptors (Lipinski definition) is 3. The van der Waals surface area contributed by atoms with E-state index in [4.69, 9.17) is 0 Å². The Labute approximate surface area is 117 Å². The lowest BCUT2D eigenvalue weighted by molar-refractivity contribution is -0.00533. The second-order valence-corrected chi connectivity index (χ2v) is 8.13. The lowest BCUT2D eigenvalue weighted by Gasteiger charge is -2.56. The third-order valence-electron chi connectivity index (χ3n) is 5.49. The first-order chi connectivity index (χ1) is 9.06. The summed E-state index contributed by atoms with van der Waals surface area (Å²) in [5.74, 6) is 1.76. The van der Waals surface area contributed by atoms with Gasteiger partial charge >= 0.3 is 5.97 Å². The first-order valence-corrected chi connectivity index (χ1v) is 8.08. The van der Waals surface area contributed by atoms with Gasteiger partial charge in [-0.1, -0.05) is 0 Å². The van der Waals surface area contributed by atoms with Crippen molar-refractivity contribution in [3.63, 3.8) is 0 Å². The van der Waals surface area contributed by atoms with E-state index in [1.807, 2.05) is 6.92 Å². The van der Waals surface area contributed by atoms with Gasteiger partial charge in [-0.25, -0.2) is 9.78 Å². The molecule has 1 aromatic heterocycles. The smallest absolute Gasteiger partial charge is 0.355 e. The van der Waals surface area contributed by atoms with Crippen LogP contribution in [0, 0.1) is 24.7 Å². The number of aryl methyl sites for hydroxylation is 1. The van der Waals surface area contributed by atoms with Gasteiger partial charge in [0.15, 0.2) is 5.69 Å². The van der Waals surface area contributed by atoms with Crippen molar-refractivity contribution >= 4 is 17.3 Å². The highest BCUT2D eigenvalue weighted by atomic mass is 32.1. The number of hydrogen-bond donors (Lipinski definition) is 1. The summed E-state index contributed by atoms with van der Waals surface area (Å²) < 4.78 is 0. The topological polar surface area (TPSA) is 50.2 Å². The molecule has 0 spiro atoms. The van der Waals surface area contributed by atoms with Gasteiger partial charge in [0.1, 0.15) is 0 Å². The molecule has 4 aliphatic rings. The molecule has 4 saturated carbocycles. The Morgan fingerprint density at radius 1 is 1.21 bits per heavy atom. The molecule has 1 N–H and O–H groups in total. The van der Waals surface area contributed by atoms with Crippen LogP contribution in [0.2, 0.25) is 0 Å². The summed E-state index contributed by atoms with van der Waals surface area (Å²) in [5, 5.41) is 10.3. The minimum atomic E-state index is -0.871. The Balaban J connectivity index is 1.75. The Bertz CT molecular complexity index is 513. The summed E-state index contributed by atoms with van der Waals surface area (Å²) in [6.45, 7) is 1.89. The van der Waals surface area contributed by atoms with Gasteiger partial charge in [-0.05, 0) is 63.2 Å². The summed E-state index contributed by atoms with van der Waals surface area (Å²) in [7, 11) is 0. The van der Waals surface area contributed by atoms with Gasteiger partial charge in [0.05, 0.1) is 5.01 Å². The fourth-order valence-corrected chi connectivity index (χ4v) is 6.32. The summed E-state index contributed by atoms with van der Waals surface area (Å²) >= 11 is 1.64. The van der Waals surface area contributed by atoms with Gasteiger partial charge in [-0.2, -0.15) is 0 Å². The molecule has 0 unspecified atom stereocenters. The van der Waals surface area contributed by atoms with Crippen LogP contribution in [0.5, 0.6) is 0 Å². The molecular weight excluding hydrogens is 258 g/mol. The molecule has 4 bridgehead atoms. The van der Waals surface area contributed by atoms with Crippen LogP contribution in [0.25, 0.3) is 0 Å². The van der Waals surface area contributed by atoms with Gasteiger partial charge in [0.25, 0.3) is 0 Å². The van der Waals surface area contributed by atoms with Crippen LogP contribution in [-0.2, 0) is 5.41 Å². The second kappa shape index (κ2) is 3.81. The molecule has 1 aromatic rings. The van der Waals surface area contributed by atoms with Crippen LogP contribution in [0.4, 0.5) is 0 Å². The maximum Gasteiger partial charge on any atom is 0.355 e. The number of nitrogens with zero attached hydrogens (tertiary/aromatic N) is 1. The van der Waals surface area contributed by atoms with Gasteiger partial charge in [-0.3, -0.25) is 0 Å². The van der Waals surface area contributed by atoms with E-state index in [2.05, 4.69) is 4.98 Å². The normalized spacial score (nSPS) is 39.7. The Hall–Kier alpha value is -0.900. The van der Waals surface area contributed by atoms with E-state index in [1.54, 1.807) is 11.3 Å². The minimum absolute atomic E-state index is 0.234. The third kappa shape index (κ3) is 1.69. The highest BCUT2D eigenvalue weighted by Crippen LogP contribution is 2.61. The predicted octanol–water partition coefficient (Wildman–Crippen LogP) is 3.62. The van der Waals surface area contributed by atoms with Gasteiger partial charge in [0, 0.05) is 10.3 Å². The predicted molar refractivity (Wildman–Crippen MR) is 73.7 cm³/mol. The molecule has 102 valence electrons. The summed E-state index contributed by atoms with van der Waals surface area (Å²) in [6.07, 6.45) is 8.00. The van der Waals surface area contributed by atoms with Crippen LogP contribution >= 0.6 is 11.3 Å². The maximum absolute atomic E-state index is 11.2. The number of carboxylic acid groups (broad SMARTS) is 1. The molecule has 0 radical (unpaired) electrons.